The van der Waals surface area contributed by atoms with E-state index < -0.39 is 0 Å². The number of anilines is 1. The van der Waals surface area contributed by atoms with Crippen molar-refractivity contribution in [2.75, 3.05) is 5.32 Å². The Morgan fingerprint density at radius 1 is 1.26 bits per heavy atom. The van der Waals surface area contributed by atoms with E-state index in [2.05, 4.69) is 15.4 Å². The minimum absolute atomic E-state index is 0.0340. The lowest BCUT2D eigenvalue weighted by Gasteiger charge is -2.04. The van der Waals surface area contributed by atoms with Gasteiger partial charge in [0.15, 0.2) is 0 Å². The highest BCUT2D eigenvalue weighted by Gasteiger charge is 1.97. The van der Waals surface area contributed by atoms with Gasteiger partial charge in [0.05, 0.1) is 6.54 Å². The third-order valence-electron chi connectivity index (χ3n) is 2.39. The normalized spacial score (nSPS) is 9.16. The number of rotatable bonds is 4. The number of benzene rings is 1. The SMILES string of the molecule is N#CC(C#N)=CNc1ccc(Cn2cncn2)cc1. The van der Waals surface area contributed by atoms with Crippen LogP contribution in [0.3, 0.4) is 0 Å². The molecule has 19 heavy (non-hydrogen) atoms. The van der Waals surface area contributed by atoms with E-state index in [1.165, 1.54) is 12.5 Å². The highest BCUT2D eigenvalue weighted by atomic mass is 15.3. The van der Waals surface area contributed by atoms with E-state index in [1.54, 1.807) is 23.1 Å². The number of nitrogens with zero attached hydrogens (tertiary/aromatic N) is 5. The van der Waals surface area contributed by atoms with E-state index in [1.807, 2.05) is 24.3 Å². The summed E-state index contributed by atoms with van der Waals surface area (Å²) in [5.41, 5.74) is 1.93. The topological polar surface area (TPSA) is 90.3 Å². The summed E-state index contributed by atoms with van der Waals surface area (Å²) in [5, 5.41) is 24.1. The molecule has 0 amide bonds. The van der Waals surface area contributed by atoms with Crippen LogP contribution < -0.4 is 5.32 Å². The molecular weight excluding hydrogens is 240 g/mol. The number of hydrogen-bond donors (Lipinski definition) is 1. The van der Waals surface area contributed by atoms with Gasteiger partial charge in [-0.1, -0.05) is 12.1 Å². The van der Waals surface area contributed by atoms with E-state index in [-0.39, 0.29) is 5.57 Å². The van der Waals surface area contributed by atoms with Gasteiger partial charge < -0.3 is 5.32 Å². The van der Waals surface area contributed by atoms with Crippen molar-refractivity contribution in [3.05, 3.63) is 54.3 Å². The zero-order valence-electron chi connectivity index (χ0n) is 9.98. The van der Waals surface area contributed by atoms with Crippen molar-refractivity contribution in [2.45, 2.75) is 6.54 Å². The molecule has 6 heteroatoms. The number of aromatic nitrogens is 3. The fourth-order valence-electron chi connectivity index (χ4n) is 1.45. The first kappa shape index (κ1) is 12.3. The van der Waals surface area contributed by atoms with Gasteiger partial charge in [0, 0.05) is 11.9 Å². The van der Waals surface area contributed by atoms with Crippen LogP contribution in [0, 0.1) is 22.7 Å². The van der Waals surface area contributed by atoms with Crippen LogP contribution in [0.2, 0.25) is 0 Å². The second-order valence-electron chi connectivity index (χ2n) is 3.72. The Balaban J connectivity index is 2.01. The van der Waals surface area contributed by atoms with Crippen LogP contribution in [0.5, 0.6) is 0 Å². The van der Waals surface area contributed by atoms with E-state index >= 15 is 0 Å². The average molecular weight is 250 g/mol. The summed E-state index contributed by atoms with van der Waals surface area (Å²) in [6.45, 7) is 0.651. The average Bonchev–Trinajstić information content (AvgIpc) is 2.95. The summed E-state index contributed by atoms with van der Waals surface area (Å²) in [4.78, 5) is 3.87. The van der Waals surface area contributed by atoms with Gasteiger partial charge in [-0.05, 0) is 17.7 Å². The summed E-state index contributed by atoms with van der Waals surface area (Å²) in [7, 11) is 0. The van der Waals surface area contributed by atoms with Crippen LogP contribution in [0.15, 0.2) is 48.7 Å². The Labute approximate surface area is 110 Å². The predicted molar refractivity (Wildman–Crippen MR) is 68.5 cm³/mol. The van der Waals surface area contributed by atoms with Gasteiger partial charge in [-0.2, -0.15) is 15.6 Å². The Morgan fingerprint density at radius 2 is 2.00 bits per heavy atom. The van der Waals surface area contributed by atoms with Gasteiger partial charge in [-0.15, -0.1) is 0 Å². The Kier molecular flexibility index (Phi) is 3.89. The summed E-state index contributed by atoms with van der Waals surface area (Å²) >= 11 is 0. The maximum atomic E-state index is 8.60. The minimum atomic E-state index is 0.0340. The smallest absolute Gasteiger partial charge is 0.145 e. The van der Waals surface area contributed by atoms with Gasteiger partial charge in [0.2, 0.25) is 0 Å². The molecule has 1 heterocycles. The molecule has 6 nitrogen and oxygen atoms in total. The number of nitrogens with one attached hydrogen (secondary N) is 1. The minimum Gasteiger partial charge on any atom is -0.360 e. The maximum absolute atomic E-state index is 8.60. The van der Waals surface area contributed by atoms with E-state index in [0.717, 1.165) is 11.3 Å². The molecule has 2 rings (SSSR count). The lowest BCUT2D eigenvalue weighted by molar-refractivity contribution is 0.685. The first-order chi connectivity index (χ1) is 9.31. The van der Waals surface area contributed by atoms with Crippen LogP contribution in [0.25, 0.3) is 0 Å². The zero-order valence-corrected chi connectivity index (χ0v) is 9.98. The molecule has 0 unspecified atom stereocenters. The number of nitriles is 2. The van der Waals surface area contributed by atoms with E-state index in [4.69, 9.17) is 10.5 Å². The predicted octanol–water partition coefficient (Wildman–Crippen LogP) is 1.67. The molecule has 0 aliphatic rings. The Hall–Kier alpha value is -3.12. The van der Waals surface area contributed by atoms with Crippen molar-refractivity contribution in [3.8, 4) is 12.1 Å². The zero-order chi connectivity index (χ0) is 13.5. The molecule has 0 bridgehead atoms. The van der Waals surface area contributed by atoms with Gasteiger partial charge in [0.25, 0.3) is 0 Å². The fraction of sp³-hybridized carbons (Fsp3) is 0.0769. The van der Waals surface area contributed by atoms with Crippen molar-refractivity contribution >= 4 is 5.69 Å². The molecule has 0 saturated carbocycles. The molecule has 0 fully saturated rings. The second kappa shape index (κ2) is 5.99. The summed E-state index contributed by atoms with van der Waals surface area (Å²) in [6.07, 6.45) is 4.53. The maximum Gasteiger partial charge on any atom is 0.145 e. The second-order valence-corrected chi connectivity index (χ2v) is 3.72. The van der Waals surface area contributed by atoms with Crippen molar-refractivity contribution in [1.29, 1.82) is 10.5 Å². The first-order valence-corrected chi connectivity index (χ1v) is 5.50. The Morgan fingerprint density at radius 3 is 2.58 bits per heavy atom. The van der Waals surface area contributed by atoms with Crippen LogP contribution >= 0.6 is 0 Å². The monoisotopic (exact) mass is 250 g/mol. The standard InChI is InChI=1S/C13H10N6/c14-5-12(6-15)7-17-13-3-1-11(2-4-13)8-19-10-16-9-18-19/h1-4,7,9-10,17H,8H2. The highest BCUT2D eigenvalue weighted by Crippen LogP contribution is 2.10. The van der Waals surface area contributed by atoms with Gasteiger partial charge in [0.1, 0.15) is 30.4 Å². The van der Waals surface area contributed by atoms with Crippen molar-refractivity contribution in [3.63, 3.8) is 0 Å². The van der Waals surface area contributed by atoms with Crippen molar-refractivity contribution < 1.29 is 0 Å². The quantitative estimate of drug-likeness (QED) is 0.833. The Bertz CT molecular complexity index is 624. The fourth-order valence-corrected chi connectivity index (χ4v) is 1.45. The van der Waals surface area contributed by atoms with Gasteiger partial charge >= 0.3 is 0 Å². The molecule has 1 aromatic heterocycles. The molecule has 92 valence electrons. The molecule has 0 aliphatic carbocycles. The van der Waals surface area contributed by atoms with Gasteiger partial charge in [-0.3, -0.25) is 0 Å². The molecule has 1 aromatic carbocycles. The van der Waals surface area contributed by atoms with Crippen molar-refractivity contribution in [1.82, 2.24) is 14.8 Å². The van der Waals surface area contributed by atoms with Crippen LogP contribution in [0.1, 0.15) is 5.56 Å². The third kappa shape index (κ3) is 3.42. The molecule has 0 spiro atoms. The van der Waals surface area contributed by atoms with E-state index in [0.29, 0.717) is 6.54 Å². The van der Waals surface area contributed by atoms with Crippen LogP contribution in [-0.4, -0.2) is 14.8 Å². The molecule has 2 aromatic rings. The molecule has 0 atom stereocenters. The summed E-state index contributed by atoms with van der Waals surface area (Å²) in [5.74, 6) is 0. The molecule has 0 aliphatic heterocycles. The van der Waals surface area contributed by atoms with Crippen molar-refractivity contribution in [2.24, 2.45) is 0 Å². The molecule has 0 radical (unpaired) electrons. The lowest BCUT2D eigenvalue weighted by Crippen LogP contribution is -1.99. The van der Waals surface area contributed by atoms with Gasteiger partial charge in [-0.25, -0.2) is 9.67 Å². The highest BCUT2D eigenvalue weighted by molar-refractivity contribution is 5.50. The lowest BCUT2D eigenvalue weighted by atomic mass is 10.2. The molecule has 1 N–H and O–H groups in total. The summed E-state index contributed by atoms with van der Waals surface area (Å²) in [6, 6.07) is 11.2. The largest absolute Gasteiger partial charge is 0.360 e. The first-order valence-electron chi connectivity index (χ1n) is 5.50. The molecule has 0 saturated heterocycles. The van der Waals surface area contributed by atoms with Crippen LogP contribution in [-0.2, 0) is 6.54 Å². The van der Waals surface area contributed by atoms with Crippen LogP contribution in [0.4, 0.5) is 5.69 Å². The third-order valence-corrected chi connectivity index (χ3v) is 2.39. The molecular formula is C13H10N6. The summed E-state index contributed by atoms with van der Waals surface area (Å²) < 4.78 is 1.73. The number of allylic oxidation sites excluding steroid dienone is 1. The van der Waals surface area contributed by atoms with E-state index in [9.17, 15) is 0 Å². The number of hydrogen-bond acceptors (Lipinski definition) is 5.